The average Bonchev–Trinajstić information content (AvgIpc) is 2.53. The number of rotatable bonds is 5. The van der Waals surface area contributed by atoms with E-state index in [0.29, 0.717) is 11.1 Å². The van der Waals surface area contributed by atoms with Crippen molar-refractivity contribution in [2.75, 3.05) is 6.61 Å². The van der Waals surface area contributed by atoms with Gasteiger partial charge in [0.1, 0.15) is 5.75 Å². The van der Waals surface area contributed by atoms with Crippen LogP contribution in [0, 0.1) is 11.3 Å². The maximum absolute atomic E-state index is 12.0. The summed E-state index contributed by atoms with van der Waals surface area (Å²) >= 11 is 0. The molecule has 0 radical (unpaired) electrons. The van der Waals surface area contributed by atoms with Crippen molar-refractivity contribution in [3.8, 4) is 11.8 Å². The lowest BCUT2D eigenvalue weighted by Gasteiger charge is -2.09. The molecular formula is C17H15NO2. The molecule has 0 bridgehead atoms. The maximum atomic E-state index is 12.0. The molecule has 3 heteroatoms. The molecule has 0 aliphatic heterocycles. The number of hydrogen-bond donors (Lipinski definition) is 0. The molecule has 100 valence electrons. The minimum absolute atomic E-state index is 0.00289. The van der Waals surface area contributed by atoms with Gasteiger partial charge in [-0.15, -0.1) is 0 Å². The van der Waals surface area contributed by atoms with Crippen molar-refractivity contribution < 1.29 is 9.53 Å². The van der Waals surface area contributed by atoms with Crippen molar-refractivity contribution in [1.82, 2.24) is 0 Å². The molecule has 0 amide bonds. The molecule has 0 saturated heterocycles. The normalized spacial score (nSPS) is 9.80. The van der Waals surface area contributed by atoms with E-state index >= 15 is 0 Å². The highest BCUT2D eigenvalue weighted by Gasteiger charge is 2.08. The highest BCUT2D eigenvalue weighted by atomic mass is 16.5. The topological polar surface area (TPSA) is 50.1 Å². The van der Waals surface area contributed by atoms with Crippen molar-refractivity contribution in [2.45, 2.75) is 13.3 Å². The number of para-hydroxylation sites is 1. The Morgan fingerprint density at radius 3 is 2.50 bits per heavy atom. The molecule has 0 aliphatic rings. The van der Waals surface area contributed by atoms with E-state index in [4.69, 9.17) is 10.00 Å². The zero-order chi connectivity index (χ0) is 14.4. The fourth-order valence-corrected chi connectivity index (χ4v) is 1.89. The summed E-state index contributed by atoms with van der Waals surface area (Å²) in [5.41, 5.74) is 2.18. The summed E-state index contributed by atoms with van der Waals surface area (Å²) in [5.74, 6) is 0.650. The molecule has 3 nitrogen and oxygen atoms in total. The van der Waals surface area contributed by atoms with E-state index in [0.717, 1.165) is 17.7 Å². The second-order valence-electron chi connectivity index (χ2n) is 4.36. The van der Waals surface area contributed by atoms with E-state index in [2.05, 4.69) is 0 Å². The number of carbonyl (C=O) groups excluding carboxylic acids is 1. The summed E-state index contributed by atoms with van der Waals surface area (Å²) in [6.07, 6.45) is 0.862. The number of aryl methyl sites for hydroxylation is 1. The Morgan fingerprint density at radius 1 is 1.15 bits per heavy atom. The maximum Gasteiger partial charge on any atom is 0.200 e. The third kappa shape index (κ3) is 3.24. The molecule has 0 heterocycles. The number of nitrogens with zero attached hydrogens (tertiary/aromatic N) is 1. The van der Waals surface area contributed by atoms with E-state index in [1.165, 1.54) is 0 Å². The quantitative estimate of drug-likeness (QED) is 0.779. The van der Waals surface area contributed by atoms with Crippen molar-refractivity contribution in [2.24, 2.45) is 0 Å². The van der Waals surface area contributed by atoms with Crippen LogP contribution in [0.15, 0.2) is 48.5 Å². The molecule has 2 rings (SSSR count). The van der Waals surface area contributed by atoms with Gasteiger partial charge in [-0.1, -0.05) is 25.1 Å². The van der Waals surface area contributed by atoms with Gasteiger partial charge in [0.2, 0.25) is 0 Å². The van der Waals surface area contributed by atoms with Gasteiger partial charge in [0.15, 0.2) is 12.4 Å². The number of hydrogen-bond acceptors (Lipinski definition) is 3. The van der Waals surface area contributed by atoms with E-state index < -0.39 is 0 Å². The Bertz CT molecular complexity index is 639. The van der Waals surface area contributed by atoms with Gasteiger partial charge < -0.3 is 4.74 Å². The van der Waals surface area contributed by atoms with Gasteiger partial charge in [-0.25, -0.2) is 0 Å². The summed E-state index contributed by atoms with van der Waals surface area (Å²) in [7, 11) is 0. The van der Waals surface area contributed by atoms with Crippen LogP contribution in [0.3, 0.4) is 0 Å². The van der Waals surface area contributed by atoms with E-state index in [9.17, 15) is 4.79 Å². The van der Waals surface area contributed by atoms with E-state index in [-0.39, 0.29) is 12.4 Å². The predicted octanol–water partition coefficient (Wildman–Crippen LogP) is 3.38. The number of ether oxygens (including phenoxy) is 1. The standard InChI is InChI=1S/C17H15NO2/c1-2-14-5-3-4-6-17(14)20-12-16(19)15-9-7-13(11-18)8-10-15/h3-10H,2,12H2,1H3. The number of nitriles is 1. The van der Waals surface area contributed by atoms with Gasteiger partial charge in [0.05, 0.1) is 11.6 Å². The largest absolute Gasteiger partial charge is 0.485 e. The molecule has 0 aromatic heterocycles. The lowest BCUT2D eigenvalue weighted by atomic mass is 10.1. The van der Waals surface area contributed by atoms with E-state index in [1.54, 1.807) is 24.3 Å². The minimum Gasteiger partial charge on any atom is -0.485 e. The first-order valence-corrected chi connectivity index (χ1v) is 6.48. The van der Waals surface area contributed by atoms with Crippen LogP contribution in [0.25, 0.3) is 0 Å². The van der Waals surface area contributed by atoms with Crippen molar-refractivity contribution in [1.29, 1.82) is 5.26 Å². The third-order valence-electron chi connectivity index (χ3n) is 3.05. The van der Waals surface area contributed by atoms with Crippen molar-refractivity contribution in [3.63, 3.8) is 0 Å². The molecule has 20 heavy (non-hydrogen) atoms. The Kier molecular flexibility index (Phi) is 4.52. The second kappa shape index (κ2) is 6.53. The van der Waals surface area contributed by atoms with Gasteiger partial charge >= 0.3 is 0 Å². The Balaban J connectivity index is 2.03. The lowest BCUT2D eigenvalue weighted by molar-refractivity contribution is 0.0921. The zero-order valence-electron chi connectivity index (χ0n) is 11.3. The molecule has 0 spiro atoms. The Labute approximate surface area is 118 Å². The van der Waals surface area contributed by atoms with Crippen LogP contribution >= 0.6 is 0 Å². The number of benzene rings is 2. The first-order valence-electron chi connectivity index (χ1n) is 6.48. The first kappa shape index (κ1) is 13.8. The van der Waals surface area contributed by atoms with Gasteiger partial charge in [-0.2, -0.15) is 5.26 Å². The summed E-state index contributed by atoms with van der Waals surface area (Å²) in [6.45, 7) is 2.05. The van der Waals surface area contributed by atoms with Crippen LogP contribution in [0.1, 0.15) is 28.4 Å². The van der Waals surface area contributed by atoms with Gasteiger partial charge in [0, 0.05) is 5.56 Å². The SMILES string of the molecule is CCc1ccccc1OCC(=O)c1ccc(C#N)cc1. The predicted molar refractivity (Wildman–Crippen MR) is 76.8 cm³/mol. The fraction of sp³-hybridized carbons (Fsp3) is 0.176. The van der Waals surface area contributed by atoms with Crippen LogP contribution in [0.5, 0.6) is 5.75 Å². The van der Waals surface area contributed by atoms with Crippen LogP contribution < -0.4 is 4.74 Å². The molecular weight excluding hydrogens is 250 g/mol. The molecule has 0 saturated carbocycles. The van der Waals surface area contributed by atoms with Crippen LogP contribution in [0.4, 0.5) is 0 Å². The molecule has 0 N–H and O–H groups in total. The van der Waals surface area contributed by atoms with Crippen molar-refractivity contribution in [3.05, 3.63) is 65.2 Å². The van der Waals surface area contributed by atoms with Crippen LogP contribution in [-0.4, -0.2) is 12.4 Å². The van der Waals surface area contributed by atoms with Crippen LogP contribution in [-0.2, 0) is 6.42 Å². The zero-order valence-corrected chi connectivity index (χ0v) is 11.3. The fourth-order valence-electron chi connectivity index (χ4n) is 1.89. The number of Topliss-reactive ketones (excluding diaryl/α,β-unsaturated/α-hetero) is 1. The number of ketones is 1. The second-order valence-corrected chi connectivity index (χ2v) is 4.36. The van der Waals surface area contributed by atoms with Gasteiger partial charge in [-0.3, -0.25) is 4.79 Å². The van der Waals surface area contributed by atoms with Gasteiger partial charge in [-0.05, 0) is 42.3 Å². The lowest BCUT2D eigenvalue weighted by Crippen LogP contribution is -2.12. The molecule has 0 fully saturated rings. The molecule has 0 atom stereocenters. The summed E-state index contributed by atoms with van der Waals surface area (Å²) in [6, 6.07) is 16.3. The summed E-state index contributed by atoms with van der Waals surface area (Å²) in [5, 5.41) is 8.72. The minimum atomic E-state index is -0.0969. The first-order chi connectivity index (χ1) is 9.74. The third-order valence-corrected chi connectivity index (χ3v) is 3.05. The smallest absolute Gasteiger partial charge is 0.200 e. The molecule has 0 aliphatic carbocycles. The molecule has 2 aromatic rings. The Hall–Kier alpha value is -2.60. The van der Waals surface area contributed by atoms with Crippen LogP contribution in [0.2, 0.25) is 0 Å². The monoisotopic (exact) mass is 265 g/mol. The summed E-state index contributed by atoms with van der Waals surface area (Å²) in [4.78, 5) is 12.0. The molecule has 2 aromatic carbocycles. The van der Waals surface area contributed by atoms with E-state index in [1.807, 2.05) is 37.3 Å². The van der Waals surface area contributed by atoms with Crippen molar-refractivity contribution >= 4 is 5.78 Å². The highest BCUT2D eigenvalue weighted by molar-refractivity contribution is 5.97. The van der Waals surface area contributed by atoms with Gasteiger partial charge in [0.25, 0.3) is 0 Å². The number of carbonyl (C=O) groups is 1. The molecule has 0 unspecified atom stereocenters. The average molecular weight is 265 g/mol. The Morgan fingerprint density at radius 2 is 1.85 bits per heavy atom. The summed E-state index contributed by atoms with van der Waals surface area (Å²) < 4.78 is 5.59. The highest BCUT2D eigenvalue weighted by Crippen LogP contribution is 2.18.